The van der Waals surface area contributed by atoms with Crippen molar-refractivity contribution in [3.05, 3.63) is 35.4 Å². The number of nitrogens with zero attached hydrogens (tertiary/aromatic N) is 1. The number of carbonyl (C=O) groups is 2. The summed E-state index contributed by atoms with van der Waals surface area (Å²) in [5.74, 6) is -1.48. The van der Waals surface area contributed by atoms with Gasteiger partial charge in [0, 0.05) is 13.6 Å². The Kier molecular flexibility index (Phi) is 3.36. The molecule has 2 unspecified atom stereocenters. The van der Waals surface area contributed by atoms with E-state index in [9.17, 15) is 9.59 Å². The van der Waals surface area contributed by atoms with Crippen molar-refractivity contribution >= 4 is 11.9 Å². The molecule has 1 aliphatic rings. The van der Waals surface area contributed by atoms with Crippen LogP contribution in [0.3, 0.4) is 0 Å². The minimum absolute atomic E-state index is 0.0156. The van der Waals surface area contributed by atoms with Crippen LogP contribution in [-0.2, 0) is 16.0 Å². The van der Waals surface area contributed by atoms with Crippen molar-refractivity contribution in [1.29, 1.82) is 0 Å². The van der Waals surface area contributed by atoms with E-state index in [0.717, 1.165) is 12.0 Å². The molecule has 1 aromatic carbocycles. The first-order valence-corrected chi connectivity index (χ1v) is 6.06. The van der Waals surface area contributed by atoms with Crippen LogP contribution < -0.4 is 0 Å². The molecule has 1 amide bonds. The number of rotatable bonds is 4. The molecule has 0 saturated heterocycles. The molecule has 0 aliphatic heterocycles. The number of carboxylic acids is 1. The van der Waals surface area contributed by atoms with Gasteiger partial charge in [-0.25, -0.2) is 0 Å². The lowest BCUT2D eigenvalue weighted by molar-refractivity contribution is -0.143. The molecule has 1 aliphatic carbocycles. The van der Waals surface area contributed by atoms with Crippen LogP contribution in [0, 0.1) is 5.92 Å². The highest BCUT2D eigenvalue weighted by Crippen LogP contribution is 2.35. The molecule has 0 fully saturated rings. The number of aliphatic carboxylic acids is 1. The van der Waals surface area contributed by atoms with Gasteiger partial charge in [-0.05, 0) is 17.5 Å². The number of fused-ring (bicyclic) bond motifs is 1. The van der Waals surface area contributed by atoms with Crippen LogP contribution in [0.15, 0.2) is 24.3 Å². The molecule has 1 N–H and O–H groups in total. The first-order chi connectivity index (χ1) is 8.50. The minimum atomic E-state index is -0.872. The number of carbonyl (C=O) groups excluding carboxylic acids is 1. The highest BCUT2D eigenvalue weighted by molar-refractivity contribution is 5.87. The minimum Gasteiger partial charge on any atom is -0.481 e. The van der Waals surface area contributed by atoms with E-state index in [-0.39, 0.29) is 18.4 Å². The largest absolute Gasteiger partial charge is 0.481 e. The summed E-state index contributed by atoms with van der Waals surface area (Å²) in [6.45, 7) is 1.87. The summed E-state index contributed by atoms with van der Waals surface area (Å²) in [4.78, 5) is 24.5. The molecule has 4 nitrogen and oxygen atoms in total. The molecule has 2 atom stereocenters. The molecule has 2 rings (SSSR count). The van der Waals surface area contributed by atoms with Crippen molar-refractivity contribution in [3.63, 3.8) is 0 Å². The Morgan fingerprint density at radius 2 is 2.11 bits per heavy atom. The molecular weight excluding hydrogens is 230 g/mol. The lowest BCUT2D eigenvalue weighted by Crippen LogP contribution is -2.40. The van der Waals surface area contributed by atoms with Crippen LogP contribution in [-0.4, -0.2) is 35.5 Å². The van der Waals surface area contributed by atoms with Crippen molar-refractivity contribution < 1.29 is 14.7 Å². The van der Waals surface area contributed by atoms with Gasteiger partial charge in [0.15, 0.2) is 0 Å². The average molecular weight is 247 g/mol. The lowest BCUT2D eigenvalue weighted by Gasteiger charge is -2.32. The molecule has 0 aromatic heterocycles. The quantitative estimate of drug-likeness (QED) is 0.877. The van der Waals surface area contributed by atoms with Gasteiger partial charge in [0.25, 0.3) is 0 Å². The number of hydrogen-bond donors (Lipinski definition) is 1. The number of benzene rings is 1. The molecule has 4 heteroatoms. The zero-order valence-electron chi connectivity index (χ0n) is 10.6. The molecule has 0 spiro atoms. The SMILES string of the molecule is CC(CN(C)C(=O)C1Cc2ccccc21)C(=O)O. The van der Waals surface area contributed by atoms with Crippen molar-refractivity contribution in [1.82, 2.24) is 4.90 Å². The van der Waals surface area contributed by atoms with Gasteiger partial charge in [0.05, 0.1) is 11.8 Å². The molecule has 0 heterocycles. The van der Waals surface area contributed by atoms with Crippen molar-refractivity contribution in [2.75, 3.05) is 13.6 Å². The summed E-state index contributed by atoms with van der Waals surface area (Å²) in [5, 5.41) is 8.84. The van der Waals surface area contributed by atoms with E-state index in [0.29, 0.717) is 0 Å². The Bertz CT molecular complexity index is 484. The number of amides is 1. The zero-order valence-corrected chi connectivity index (χ0v) is 10.6. The first kappa shape index (κ1) is 12.6. The summed E-state index contributed by atoms with van der Waals surface area (Å²) in [6.07, 6.45) is 0.765. The fourth-order valence-electron chi connectivity index (χ4n) is 2.32. The molecular formula is C14H17NO3. The third-order valence-corrected chi connectivity index (χ3v) is 3.50. The second kappa shape index (κ2) is 4.80. The highest BCUT2D eigenvalue weighted by atomic mass is 16.4. The van der Waals surface area contributed by atoms with Crippen molar-refractivity contribution in [2.24, 2.45) is 5.92 Å². The lowest BCUT2D eigenvalue weighted by atomic mass is 9.77. The fourth-order valence-corrected chi connectivity index (χ4v) is 2.32. The third kappa shape index (κ3) is 2.23. The van der Waals surface area contributed by atoms with Crippen LogP contribution in [0.1, 0.15) is 24.0 Å². The fraction of sp³-hybridized carbons (Fsp3) is 0.429. The number of carboxylic acid groups (broad SMARTS) is 1. The topological polar surface area (TPSA) is 57.6 Å². The molecule has 0 saturated carbocycles. The van der Waals surface area contributed by atoms with E-state index in [1.165, 1.54) is 10.5 Å². The second-order valence-electron chi connectivity index (χ2n) is 4.91. The van der Waals surface area contributed by atoms with Gasteiger partial charge in [0.1, 0.15) is 0 Å². The summed E-state index contributed by atoms with van der Waals surface area (Å²) in [6, 6.07) is 7.89. The Hall–Kier alpha value is -1.84. The number of likely N-dealkylation sites (N-methyl/N-ethyl adjacent to an activating group) is 1. The summed E-state index contributed by atoms with van der Waals surface area (Å²) in [7, 11) is 1.67. The molecule has 18 heavy (non-hydrogen) atoms. The van der Waals surface area contributed by atoms with Crippen LogP contribution in [0.2, 0.25) is 0 Å². The van der Waals surface area contributed by atoms with Gasteiger partial charge in [-0.15, -0.1) is 0 Å². The molecule has 0 radical (unpaired) electrons. The molecule has 96 valence electrons. The van der Waals surface area contributed by atoms with Gasteiger partial charge < -0.3 is 10.0 Å². The van der Waals surface area contributed by atoms with E-state index in [1.807, 2.05) is 24.3 Å². The van der Waals surface area contributed by atoms with Crippen LogP contribution in [0.25, 0.3) is 0 Å². The number of hydrogen-bond acceptors (Lipinski definition) is 2. The Balaban J connectivity index is 2.00. The monoisotopic (exact) mass is 247 g/mol. The van der Waals surface area contributed by atoms with E-state index in [4.69, 9.17) is 5.11 Å². The predicted molar refractivity (Wildman–Crippen MR) is 67.3 cm³/mol. The maximum atomic E-state index is 12.2. The summed E-state index contributed by atoms with van der Waals surface area (Å²) < 4.78 is 0. The summed E-state index contributed by atoms with van der Waals surface area (Å²) >= 11 is 0. The maximum absolute atomic E-state index is 12.2. The molecule has 1 aromatic rings. The second-order valence-corrected chi connectivity index (χ2v) is 4.91. The van der Waals surface area contributed by atoms with Gasteiger partial charge in [-0.1, -0.05) is 31.2 Å². The van der Waals surface area contributed by atoms with Gasteiger partial charge >= 0.3 is 5.97 Å². The van der Waals surface area contributed by atoms with Crippen molar-refractivity contribution in [3.8, 4) is 0 Å². The Morgan fingerprint density at radius 1 is 1.44 bits per heavy atom. The average Bonchev–Trinajstić information content (AvgIpc) is 2.30. The summed E-state index contributed by atoms with van der Waals surface area (Å²) in [5.41, 5.74) is 2.30. The Labute approximate surface area is 106 Å². The van der Waals surface area contributed by atoms with E-state index in [1.54, 1.807) is 14.0 Å². The maximum Gasteiger partial charge on any atom is 0.308 e. The van der Waals surface area contributed by atoms with Gasteiger partial charge in [-0.3, -0.25) is 9.59 Å². The normalized spacial score (nSPS) is 18.4. The zero-order chi connectivity index (χ0) is 13.3. The van der Waals surface area contributed by atoms with E-state index < -0.39 is 11.9 Å². The van der Waals surface area contributed by atoms with Crippen LogP contribution >= 0.6 is 0 Å². The predicted octanol–water partition coefficient (Wildman–Crippen LogP) is 1.51. The van der Waals surface area contributed by atoms with Gasteiger partial charge in [0.2, 0.25) is 5.91 Å². The van der Waals surface area contributed by atoms with Gasteiger partial charge in [-0.2, -0.15) is 0 Å². The smallest absolute Gasteiger partial charge is 0.308 e. The molecule has 0 bridgehead atoms. The highest BCUT2D eigenvalue weighted by Gasteiger charge is 2.34. The standard InChI is InChI=1S/C14H17NO3/c1-9(14(17)18)8-15(2)13(16)12-7-10-5-3-4-6-11(10)12/h3-6,9,12H,7-8H2,1-2H3,(H,17,18). The van der Waals surface area contributed by atoms with Crippen molar-refractivity contribution in [2.45, 2.75) is 19.3 Å². The first-order valence-electron chi connectivity index (χ1n) is 6.06. The van der Waals surface area contributed by atoms with E-state index >= 15 is 0 Å². The Morgan fingerprint density at radius 3 is 2.72 bits per heavy atom. The van der Waals surface area contributed by atoms with Crippen LogP contribution in [0.5, 0.6) is 0 Å². The third-order valence-electron chi connectivity index (χ3n) is 3.50. The van der Waals surface area contributed by atoms with Crippen LogP contribution in [0.4, 0.5) is 0 Å². The van der Waals surface area contributed by atoms with E-state index in [2.05, 4.69) is 0 Å².